The van der Waals surface area contributed by atoms with Crippen molar-refractivity contribution in [2.45, 2.75) is 24.8 Å². The van der Waals surface area contributed by atoms with Gasteiger partial charge in [0.15, 0.2) is 0 Å². The van der Waals surface area contributed by atoms with Crippen molar-refractivity contribution in [3.05, 3.63) is 48.8 Å². The largest absolute Gasteiger partial charge is 0.456 e. The molecular formula is C20H26Cl3N3O. The zero-order valence-corrected chi connectivity index (χ0v) is 17.6. The Morgan fingerprint density at radius 3 is 2.52 bits per heavy atom. The van der Waals surface area contributed by atoms with E-state index < -0.39 is 0 Å². The number of rotatable bonds is 3. The summed E-state index contributed by atoms with van der Waals surface area (Å²) in [5.41, 5.74) is 1.61. The molecule has 1 aromatic heterocycles. The highest BCUT2D eigenvalue weighted by Gasteiger charge is 2.52. The normalized spacial score (nSPS) is 27.6. The van der Waals surface area contributed by atoms with E-state index in [0.29, 0.717) is 5.54 Å². The number of fused-ring (bicyclic) bond motifs is 3. The summed E-state index contributed by atoms with van der Waals surface area (Å²) < 4.78 is 5.95. The van der Waals surface area contributed by atoms with E-state index in [4.69, 9.17) is 4.74 Å². The lowest BCUT2D eigenvalue weighted by Crippen LogP contribution is -2.46. The quantitative estimate of drug-likeness (QED) is 0.698. The standard InChI is InChI=1S/C20H23N3O.3ClH/c1-2-4-18(5-3-1)24-19-10-17(12-21-13-19)22-9-7-20(15-22)11-16-6-8-23(20)14-16;;;/h1-5,10,12-13,16H,6-9,11,14-15H2;3*1H. The Morgan fingerprint density at radius 1 is 1.00 bits per heavy atom. The first-order valence-corrected chi connectivity index (χ1v) is 8.99. The summed E-state index contributed by atoms with van der Waals surface area (Å²) in [4.78, 5) is 9.65. The molecule has 3 fully saturated rings. The fraction of sp³-hybridized carbons (Fsp3) is 0.450. The van der Waals surface area contributed by atoms with Crippen LogP contribution in [0.3, 0.4) is 0 Å². The Labute approximate surface area is 179 Å². The molecule has 3 aliphatic heterocycles. The molecule has 148 valence electrons. The lowest BCUT2D eigenvalue weighted by molar-refractivity contribution is 0.155. The molecule has 7 heteroatoms. The molecule has 2 bridgehead atoms. The first-order valence-electron chi connectivity index (χ1n) is 8.99. The van der Waals surface area contributed by atoms with Gasteiger partial charge in [0, 0.05) is 31.2 Å². The van der Waals surface area contributed by atoms with Crippen LogP contribution in [-0.4, -0.2) is 41.6 Å². The zero-order chi connectivity index (χ0) is 16.0. The molecule has 0 aliphatic carbocycles. The minimum Gasteiger partial charge on any atom is -0.456 e. The van der Waals surface area contributed by atoms with E-state index in [9.17, 15) is 0 Å². The Hall–Kier alpha value is -1.20. The van der Waals surface area contributed by atoms with Crippen molar-refractivity contribution in [3.8, 4) is 11.5 Å². The third-order valence-electron chi connectivity index (χ3n) is 6.00. The van der Waals surface area contributed by atoms with Crippen LogP contribution in [-0.2, 0) is 0 Å². The average molecular weight is 431 g/mol. The Bertz CT molecular complexity index is 748. The maximum atomic E-state index is 5.95. The van der Waals surface area contributed by atoms with Gasteiger partial charge < -0.3 is 9.64 Å². The second-order valence-electron chi connectivity index (χ2n) is 7.49. The SMILES string of the molecule is Cl.Cl.Cl.c1ccc(Oc2cncc(N3CCC4(CC5CCN4C5)C3)c2)cc1. The van der Waals surface area contributed by atoms with Crippen molar-refractivity contribution in [2.75, 3.05) is 31.1 Å². The van der Waals surface area contributed by atoms with Gasteiger partial charge in [-0.05, 0) is 43.9 Å². The van der Waals surface area contributed by atoms with Gasteiger partial charge in [-0.25, -0.2) is 0 Å². The van der Waals surface area contributed by atoms with E-state index in [2.05, 4.69) is 20.9 Å². The van der Waals surface area contributed by atoms with Gasteiger partial charge in [0.2, 0.25) is 0 Å². The Balaban J connectivity index is 0.000000871. The molecular weight excluding hydrogens is 405 g/mol. The summed E-state index contributed by atoms with van der Waals surface area (Å²) in [6, 6.07) is 12.0. The molecule has 2 aromatic rings. The van der Waals surface area contributed by atoms with E-state index in [1.807, 2.05) is 36.5 Å². The maximum Gasteiger partial charge on any atom is 0.147 e. The van der Waals surface area contributed by atoms with E-state index in [0.717, 1.165) is 30.5 Å². The average Bonchev–Trinajstić information content (AvgIpc) is 3.32. The molecule has 3 saturated heterocycles. The molecule has 0 N–H and O–H groups in total. The van der Waals surface area contributed by atoms with Gasteiger partial charge in [0.25, 0.3) is 0 Å². The lowest BCUT2D eigenvalue weighted by Gasteiger charge is -2.36. The van der Waals surface area contributed by atoms with Crippen LogP contribution in [0.1, 0.15) is 19.3 Å². The van der Waals surface area contributed by atoms with Gasteiger partial charge >= 0.3 is 0 Å². The number of hydrogen-bond acceptors (Lipinski definition) is 4. The number of pyridine rings is 1. The molecule has 0 amide bonds. The Kier molecular flexibility index (Phi) is 7.26. The van der Waals surface area contributed by atoms with Gasteiger partial charge in [-0.15, -0.1) is 37.2 Å². The van der Waals surface area contributed by atoms with Crippen molar-refractivity contribution in [3.63, 3.8) is 0 Å². The highest BCUT2D eigenvalue weighted by atomic mass is 35.5. The van der Waals surface area contributed by atoms with E-state index >= 15 is 0 Å². The molecule has 1 spiro atoms. The van der Waals surface area contributed by atoms with Crippen LogP contribution in [0, 0.1) is 5.92 Å². The predicted octanol–water partition coefficient (Wildman–Crippen LogP) is 4.81. The molecule has 4 nitrogen and oxygen atoms in total. The summed E-state index contributed by atoms with van der Waals surface area (Å²) >= 11 is 0. The third-order valence-corrected chi connectivity index (χ3v) is 6.00. The van der Waals surface area contributed by atoms with Crippen LogP contribution >= 0.6 is 37.2 Å². The van der Waals surface area contributed by atoms with Crippen LogP contribution < -0.4 is 9.64 Å². The molecule has 0 radical (unpaired) electrons. The molecule has 3 unspecified atom stereocenters. The smallest absolute Gasteiger partial charge is 0.147 e. The molecule has 3 aliphatic rings. The fourth-order valence-corrected chi connectivity index (χ4v) is 4.86. The minimum absolute atomic E-state index is 0. The number of ether oxygens (including phenoxy) is 1. The summed E-state index contributed by atoms with van der Waals surface area (Å²) in [6.45, 7) is 4.89. The number of anilines is 1. The van der Waals surface area contributed by atoms with Crippen LogP contribution in [0.5, 0.6) is 11.5 Å². The van der Waals surface area contributed by atoms with Gasteiger partial charge in [0.1, 0.15) is 11.5 Å². The van der Waals surface area contributed by atoms with Gasteiger partial charge in [-0.2, -0.15) is 0 Å². The van der Waals surface area contributed by atoms with Crippen LogP contribution in [0.15, 0.2) is 48.8 Å². The maximum absolute atomic E-state index is 5.95. The monoisotopic (exact) mass is 429 g/mol. The fourth-order valence-electron chi connectivity index (χ4n) is 4.86. The topological polar surface area (TPSA) is 28.6 Å². The van der Waals surface area contributed by atoms with Crippen molar-refractivity contribution in [1.29, 1.82) is 0 Å². The van der Waals surface area contributed by atoms with Crippen molar-refractivity contribution in [1.82, 2.24) is 9.88 Å². The van der Waals surface area contributed by atoms with Crippen molar-refractivity contribution < 1.29 is 4.74 Å². The number of nitrogens with zero attached hydrogens (tertiary/aromatic N) is 3. The van der Waals surface area contributed by atoms with Gasteiger partial charge in [-0.1, -0.05) is 18.2 Å². The van der Waals surface area contributed by atoms with E-state index in [1.54, 1.807) is 6.20 Å². The van der Waals surface area contributed by atoms with Crippen molar-refractivity contribution in [2.24, 2.45) is 5.92 Å². The molecule has 0 saturated carbocycles. The molecule has 27 heavy (non-hydrogen) atoms. The van der Waals surface area contributed by atoms with Crippen molar-refractivity contribution >= 4 is 42.9 Å². The summed E-state index contributed by atoms with van der Waals surface area (Å²) in [6.07, 6.45) is 7.84. The van der Waals surface area contributed by atoms with Gasteiger partial charge in [0.05, 0.1) is 18.1 Å². The summed E-state index contributed by atoms with van der Waals surface area (Å²) in [5.74, 6) is 2.61. The number of piperidine rings is 1. The van der Waals surface area contributed by atoms with Crippen LogP contribution in [0.4, 0.5) is 5.69 Å². The van der Waals surface area contributed by atoms with Crippen LogP contribution in [0.25, 0.3) is 0 Å². The van der Waals surface area contributed by atoms with Gasteiger partial charge in [-0.3, -0.25) is 9.88 Å². The number of hydrogen-bond donors (Lipinski definition) is 0. The third kappa shape index (κ3) is 4.14. The van der Waals surface area contributed by atoms with E-state index in [1.165, 1.54) is 38.0 Å². The van der Waals surface area contributed by atoms with Crippen LogP contribution in [0.2, 0.25) is 0 Å². The number of benzene rings is 1. The second-order valence-corrected chi connectivity index (χ2v) is 7.49. The number of para-hydroxylation sites is 1. The zero-order valence-electron chi connectivity index (χ0n) is 15.1. The number of halogens is 3. The first kappa shape index (κ1) is 22.1. The lowest BCUT2D eigenvalue weighted by atomic mass is 9.87. The summed E-state index contributed by atoms with van der Waals surface area (Å²) in [7, 11) is 0. The number of aromatic nitrogens is 1. The highest BCUT2D eigenvalue weighted by molar-refractivity contribution is 5.86. The summed E-state index contributed by atoms with van der Waals surface area (Å²) in [5, 5.41) is 0. The first-order chi connectivity index (χ1) is 11.8. The molecule has 1 aromatic carbocycles. The molecule has 4 heterocycles. The minimum atomic E-state index is 0. The second kappa shape index (κ2) is 8.87. The molecule has 5 rings (SSSR count). The predicted molar refractivity (Wildman–Crippen MR) is 116 cm³/mol. The highest BCUT2D eigenvalue weighted by Crippen LogP contribution is 2.46. The Morgan fingerprint density at radius 2 is 1.81 bits per heavy atom. The molecule has 3 atom stereocenters. The van der Waals surface area contributed by atoms with E-state index in [-0.39, 0.29) is 37.2 Å².